The molecule has 142 heavy (non-hydrogen) atoms. The average Bonchev–Trinajstić information content (AvgIpc) is 0.668. The van der Waals surface area contributed by atoms with Gasteiger partial charge in [0.2, 0.25) is 18.4 Å². The van der Waals surface area contributed by atoms with Gasteiger partial charge in [-0.3, -0.25) is 0 Å². The summed E-state index contributed by atoms with van der Waals surface area (Å²) in [5, 5.41) is 4.48. The maximum absolute atomic E-state index is 7.05. The van der Waals surface area contributed by atoms with Gasteiger partial charge in [-0.1, -0.05) is 256 Å². The predicted molar refractivity (Wildman–Crippen MR) is 902 cm³/mol. The van der Waals surface area contributed by atoms with Crippen molar-refractivity contribution < 1.29 is 0 Å². The monoisotopic (exact) mass is 3720 g/mol. The second-order valence-corrected chi connectivity index (χ2v) is 451. The Morgan fingerprint density at radius 2 is 0.824 bits per heavy atom. The van der Waals surface area contributed by atoms with E-state index in [1.807, 2.05) is 40.0 Å². The van der Waals surface area contributed by atoms with Crippen molar-refractivity contribution in [3.63, 3.8) is 0 Å². The van der Waals surface area contributed by atoms with Crippen LogP contribution in [0.5, 0.6) is 0 Å². The van der Waals surface area contributed by atoms with Crippen molar-refractivity contribution in [1.29, 1.82) is 0 Å². The maximum Gasteiger partial charge on any atom is 0.341 e. The summed E-state index contributed by atoms with van der Waals surface area (Å²) >= 11 is 156. The molecule has 0 N–H and O–H groups in total. The second kappa shape index (κ2) is 113. The minimum Gasteiger partial charge on any atom is -0.170 e. The fourth-order valence-electron chi connectivity index (χ4n) is 21.5. The third-order valence-electron chi connectivity index (χ3n) is 29.4. The van der Waals surface area contributed by atoms with Crippen LogP contribution in [0.3, 0.4) is 0 Å². The van der Waals surface area contributed by atoms with E-state index < -0.39 is 103 Å². The van der Waals surface area contributed by atoms with Gasteiger partial charge in [0, 0.05) is 461 Å². The zero-order valence-electron chi connectivity index (χ0n) is 78.1. The average molecular weight is 3750 g/mol. The minimum atomic E-state index is -3.40. The highest BCUT2D eigenvalue weighted by atomic mass is 36.5. The van der Waals surface area contributed by atoms with Crippen LogP contribution in [0.2, 0.25) is 208 Å². The van der Waals surface area contributed by atoms with Crippen LogP contribution in [0, 0.1) is 0 Å². The van der Waals surface area contributed by atoms with Gasteiger partial charge >= 0.3 is 12.0 Å². The first-order chi connectivity index (χ1) is 59.5. The maximum atomic E-state index is 7.05. The van der Waals surface area contributed by atoms with E-state index in [4.69, 9.17) is 266 Å². The molecular formula is C47H192Cl44Si51. The topological polar surface area (TPSA) is 0 Å². The van der Waals surface area contributed by atoms with Crippen LogP contribution in [-0.4, -0.2) is 415 Å². The summed E-state index contributed by atoms with van der Waals surface area (Å²) in [7, 11) is 88.6. The summed E-state index contributed by atoms with van der Waals surface area (Å²) in [6, 6.07) is 0.980. The molecule has 95 heteroatoms. The molecule has 8 heterocycles. The Labute approximate surface area is 1170 Å². The third-order valence-corrected chi connectivity index (χ3v) is 817. The first-order valence-corrected chi connectivity index (χ1v) is 230. The molecule has 21 atom stereocenters. The van der Waals surface area contributed by atoms with E-state index in [0.29, 0.717) is 126 Å². The van der Waals surface area contributed by atoms with Crippen molar-refractivity contribution in [2.75, 3.05) is 0 Å². The Kier molecular flexibility index (Phi) is 169. The van der Waals surface area contributed by atoms with Gasteiger partial charge in [0.25, 0.3) is 37.3 Å². The van der Waals surface area contributed by atoms with Gasteiger partial charge in [-0.15, -0.1) is 224 Å². The number of hydrogen-bond donors (Lipinski definition) is 0. The molecule has 8 aliphatic rings. The molecule has 0 nitrogen and oxygen atoms in total. The lowest BCUT2D eigenvalue weighted by Crippen LogP contribution is -2.92. The second-order valence-electron chi connectivity index (χ2n) is 38.4. The van der Waals surface area contributed by atoms with Crippen LogP contribution in [-0.2, 0) is 0 Å². The molecular weight excluding hydrogens is 3560 g/mol. The number of fused-ring (bicyclic) bond motifs is 2. The molecule has 0 aliphatic carbocycles. The number of hydrogen-bond acceptors (Lipinski definition) is 0. The normalized spacial score (nSPS) is 31.9. The molecule has 892 valence electrons. The van der Waals surface area contributed by atoms with Crippen LogP contribution in [0.15, 0.2) is 0 Å². The summed E-state index contributed by atoms with van der Waals surface area (Å²) < 4.78 is 0. The summed E-state index contributed by atoms with van der Waals surface area (Å²) in [5.41, 5.74) is 11.9. The zero-order valence-corrected chi connectivity index (χ0v) is 178. The van der Waals surface area contributed by atoms with Crippen LogP contribution < -0.4 is 0 Å². The van der Waals surface area contributed by atoms with Gasteiger partial charge in [-0.05, 0) is 115 Å². The predicted octanol–water partition coefficient (Wildman–Crippen LogP) is 16.8. The van der Waals surface area contributed by atoms with E-state index in [0.717, 1.165) is 46.7 Å². The van der Waals surface area contributed by atoms with E-state index in [1.165, 1.54) is 10.7 Å². The Morgan fingerprint density at radius 3 is 1.25 bits per heavy atom. The van der Waals surface area contributed by atoms with Gasteiger partial charge in [-0.2, -0.15) is 66.5 Å². The molecule has 0 aromatic heterocycles. The lowest BCUT2D eigenvalue weighted by Gasteiger charge is -2.63. The molecule has 8 fully saturated rings. The standard InChI is InChI=1S/C10H34Si8.C7H36Si11.C7H32Si9.C4H8Cl10Si6.C4H19Cl7Si9.C4H17Cl7Si8.11CH4.9Cl2.2ClH/c1-13-8-17(5)7-9(11)10(12)14(2)18(17,6)16(4)15(13)3;1-10-4-16(2)5-17(3)18-14-12-7(9)6(8)11-13-15-18;1-9-5-14(2)6-15(3)16-11-4-10-7(8)12-13-16;5-15-2-1-3-16(6,7)20(15,14)19(12,13)18(10,11)17(8,9)4-15;5-18(6,3-19(7,8)9)4-20(10,11)17-15-13-2-1-12-14-16-17;5-17(6,3-18(7,8)9)4-19(10,11)16-14-2-12-1-13-15-16;;;;;;;;;;;;9*1-2;;/h9-10,13-16H,7-8H2,1-6,11-12H3;6-7,16-18H,4-5,10-15H2,1-3,8-9H3;7,14-16H,4-6,9-13H2,1-3,8H3;1-4H2;17H,1-4,12-16H2;16H,1-4,12-15H2;11*1H4;;;;;;;;;;2*1H. The zero-order chi connectivity index (χ0) is 103. The van der Waals surface area contributed by atoms with Crippen LogP contribution in [0.1, 0.15) is 88.1 Å². The third kappa shape index (κ3) is 80.1. The van der Waals surface area contributed by atoms with Crippen molar-refractivity contribution >= 4 is 901 Å². The molecule has 0 saturated carbocycles. The Bertz CT molecular complexity index is 2720. The largest absolute Gasteiger partial charge is 0.341 e. The molecule has 8 saturated heterocycles. The highest BCUT2D eigenvalue weighted by Gasteiger charge is 2.91. The van der Waals surface area contributed by atoms with Crippen molar-refractivity contribution in [3.05, 3.63) is 0 Å². The molecule has 8 aliphatic heterocycles. The van der Waals surface area contributed by atoms with Crippen LogP contribution in [0.25, 0.3) is 0 Å². The smallest absolute Gasteiger partial charge is 0.170 e. The van der Waals surface area contributed by atoms with E-state index >= 15 is 0 Å². The quantitative estimate of drug-likeness (QED) is 0.0842. The fourth-order valence-corrected chi connectivity index (χ4v) is 1300. The molecule has 0 bridgehead atoms. The van der Waals surface area contributed by atoms with Crippen LogP contribution >= 0.6 is 486 Å². The highest BCUT2D eigenvalue weighted by Crippen LogP contribution is 2.67. The highest BCUT2D eigenvalue weighted by molar-refractivity contribution is 8.39. The van der Waals surface area contributed by atoms with Crippen molar-refractivity contribution in [3.8, 4) is 0 Å². The van der Waals surface area contributed by atoms with Gasteiger partial charge < -0.3 is 0 Å². The summed E-state index contributed by atoms with van der Waals surface area (Å²) in [5.74, 6) is -3.08. The fraction of sp³-hybridized carbons (Fsp3) is 1.00. The Hall–Kier alpha value is 23.8. The Morgan fingerprint density at radius 1 is 0.430 bits per heavy atom. The van der Waals surface area contributed by atoms with Crippen LogP contribution in [0.4, 0.5) is 0 Å². The first kappa shape index (κ1) is 212. The van der Waals surface area contributed by atoms with Gasteiger partial charge in [0.15, 0.2) is 6.90 Å². The van der Waals surface area contributed by atoms with Crippen molar-refractivity contribution in [2.45, 2.75) is 296 Å². The number of rotatable bonds is 20. The lowest BCUT2D eigenvalue weighted by atomic mass is 10.5. The lowest BCUT2D eigenvalue weighted by molar-refractivity contribution is 0.967. The molecule has 0 aromatic carbocycles. The van der Waals surface area contributed by atoms with E-state index in [-0.39, 0.29) is 240 Å². The molecule has 0 amide bonds. The first-order valence-electron chi connectivity index (χ1n) is 44.3. The minimum absolute atomic E-state index is 0. The van der Waals surface area contributed by atoms with Gasteiger partial charge in [0.1, 0.15) is 0 Å². The number of halogens is 44. The van der Waals surface area contributed by atoms with E-state index in [2.05, 4.69) is 274 Å². The summed E-state index contributed by atoms with van der Waals surface area (Å²) in [6.07, 6.45) is -9.42. The van der Waals surface area contributed by atoms with E-state index in [9.17, 15) is 0 Å². The summed E-state index contributed by atoms with van der Waals surface area (Å²) in [4.78, 5) is 1.58. The van der Waals surface area contributed by atoms with E-state index in [1.54, 1.807) is 89.8 Å². The van der Waals surface area contributed by atoms with Crippen molar-refractivity contribution in [2.24, 2.45) is 0 Å². The Balaban J connectivity index is -0.0000000664. The summed E-state index contributed by atoms with van der Waals surface area (Å²) in [6.45, 7) is 25.5. The SMILES string of the molecule is C.C.C.C.C.C.C.C.C.C.C.C[SiH2]C[SiH](C)C[SiH](C)[SiH]1[SiH2]C[SiH2]C([SiH3])[SiH2][SiH2]1.C[SiH2]C[SiH](C)C[SiH](C)[SiH]1[SiH2][SiH2][SiH2]C([SiH3])C([SiH3])[SiH2][SiH2]1.C[SiH]1C[Si]2(C)CC([SiH3])C([SiH3])[SiH](C)[Si]2(C)[SiH](C)[SiH]1C.Cl.Cl.ClCl.ClCl.ClCl.ClCl.ClCl.ClCl.ClCl.ClCl.ClCl.Cl[Si](Cl)(Cl)C[Si](Cl)(Cl)C[Si](Cl)(Cl)[SiH]1[SiH2]C[SiH2]C[SiH2][SiH2]1.Cl[Si](Cl)(Cl)C[Si](Cl)(Cl)C[Si](Cl)(Cl)[SiH]1[SiH2][SiH2]CC[SiH2][SiH2][SiH2]1.Cl[Si]1(Cl)C[Si]2(Cl)CCC[Si](Cl)(Cl)[Si]2(Cl)[Si](Cl)(Cl)[Si]1(Cl)Cl. The molecule has 0 aromatic rings. The molecule has 21 unspecified atom stereocenters. The van der Waals surface area contributed by atoms with Crippen molar-refractivity contribution in [1.82, 2.24) is 0 Å². The molecule has 0 spiro atoms. The molecule has 0 radical (unpaired) electrons. The van der Waals surface area contributed by atoms with Gasteiger partial charge in [0.05, 0.1) is 0 Å². The molecule has 8 rings (SSSR count). The van der Waals surface area contributed by atoms with Gasteiger partial charge in [-0.25, -0.2) is 0 Å².